The second kappa shape index (κ2) is 6.79. The van der Waals surface area contributed by atoms with Crippen LogP contribution in [0.5, 0.6) is 5.75 Å². The van der Waals surface area contributed by atoms with Crippen LogP contribution >= 0.6 is 11.6 Å². The first-order valence-electron chi connectivity index (χ1n) is 6.46. The summed E-state index contributed by atoms with van der Waals surface area (Å²) < 4.78 is 5.39. The molecule has 0 unspecified atom stereocenters. The van der Waals surface area contributed by atoms with Gasteiger partial charge in [-0.15, -0.1) is 0 Å². The fourth-order valence-corrected chi connectivity index (χ4v) is 2.17. The molecule has 0 atom stereocenters. The molecule has 5 heteroatoms. The highest BCUT2D eigenvalue weighted by Crippen LogP contribution is 2.20. The van der Waals surface area contributed by atoms with Crippen LogP contribution in [0.4, 0.5) is 0 Å². The summed E-state index contributed by atoms with van der Waals surface area (Å²) in [6, 6.07) is 12.8. The number of ether oxygens (including phenoxy) is 1. The molecule has 20 heavy (non-hydrogen) atoms. The largest absolute Gasteiger partial charge is 0.494 e. The molecule has 0 saturated carbocycles. The molecule has 2 aromatic rings. The number of hydrogen-bond donors (Lipinski definition) is 2. The van der Waals surface area contributed by atoms with Gasteiger partial charge >= 0.3 is 7.12 Å². The van der Waals surface area contributed by atoms with Crippen LogP contribution in [0.25, 0.3) is 0 Å². The van der Waals surface area contributed by atoms with Gasteiger partial charge in [0.1, 0.15) is 5.75 Å². The molecule has 2 rings (SSSR count). The first-order valence-corrected chi connectivity index (χ1v) is 6.84. The van der Waals surface area contributed by atoms with Crippen LogP contribution in [0, 0.1) is 0 Å². The summed E-state index contributed by atoms with van der Waals surface area (Å²) in [5.41, 5.74) is 2.39. The van der Waals surface area contributed by atoms with Gasteiger partial charge in [-0.25, -0.2) is 0 Å². The third kappa shape index (κ3) is 3.76. The Bertz CT molecular complexity index is 570. The molecule has 0 aliphatic carbocycles. The van der Waals surface area contributed by atoms with Gasteiger partial charge in [0.15, 0.2) is 0 Å². The Kier molecular flexibility index (Phi) is 5.07. The topological polar surface area (TPSA) is 49.7 Å². The minimum atomic E-state index is -1.48. The highest BCUT2D eigenvalue weighted by Gasteiger charge is 2.13. The first-order chi connectivity index (χ1) is 9.60. The molecule has 3 nitrogen and oxygen atoms in total. The Hall–Kier alpha value is -1.49. The maximum atomic E-state index is 9.20. The van der Waals surface area contributed by atoms with E-state index >= 15 is 0 Å². The predicted octanol–water partition coefficient (Wildman–Crippen LogP) is 2.01. The van der Waals surface area contributed by atoms with Crippen LogP contribution in [0.15, 0.2) is 42.5 Å². The van der Waals surface area contributed by atoms with Gasteiger partial charge in [-0.3, -0.25) is 0 Å². The van der Waals surface area contributed by atoms with Gasteiger partial charge in [0.2, 0.25) is 0 Å². The molecule has 0 aliphatic rings. The number of benzene rings is 2. The van der Waals surface area contributed by atoms with E-state index in [0.29, 0.717) is 23.5 Å². The van der Waals surface area contributed by atoms with Gasteiger partial charge in [-0.05, 0) is 48.1 Å². The Balaban J connectivity index is 2.18. The van der Waals surface area contributed by atoms with Crippen LogP contribution in [-0.2, 0) is 6.42 Å². The van der Waals surface area contributed by atoms with Gasteiger partial charge in [0.25, 0.3) is 0 Å². The molecule has 0 heterocycles. The molecule has 0 aliphatic heterocycles. The summed E-state index contributed by atoms with van der Waals surface area (Å²) in [6.07, 6.45) is 0.631. The van der Waals surface area contributed by atoms with Crippen molar-refractivity contribution in [1.82, 2.24) is 0 Å². The number of halogens is 1. The SMILES string of the molecule is CCOc1ccc(Cc2cc(B(O)O)ccc2Cl)cc1. The fourth-order valence-electron chi connectivity index (χ4n) is 1.98. The van der Waals surface area contributed by atoms with Crippen LogP contribution in [-0.4, -0.2) is 23.8 Å². The van der Waals surface area contributed by atoms with Gasteiger partial charge in [0.05, 0.1) is 6.61 Å². The average molecular weight is 291 g/mol. The summed E-state index contributed by atoms with van der Waals surface area (Å²) in [6.45, 7) is 2.58. The molecule has 104 valence electrons. The maximum absolute atomic E-state index is 9.20. The quantitative estimate of drug-likeness (QED) is 0.828. The van der Waals surface area contributed by atoms with Crippen molar-refractivity contribution >= 4 is 24.2 Å². The molecule has 0 saturated heterocycles. The summed E-state index contributed by atoms with van der Waals surface area (Å²) in [7, 11) is -1.48. The predicted molar refractivity (Wildman–Crippen MR) is 81.7 cm³/mol. The Labute approximate surface area is 123 Å². The van der Waals surface area contributed by atoms with E-state index in [2.05, 4.69) is 0 Å². The molecular weight excluding hydrogens is 274 g/mol. The Morgan fingerprint density at radius 1 is 1.10 bits per heavy atom. The summed E-state index contributed by atoms with van der Waals surface area (Å²) >= 11 is 6.14. The normalized spacial score (nSPS) is 10.4. The minimum absolute atomic E-state index is 0.440. The second-order valence-electron chi connectivity index (χ2n) is 4.48. The van der Waals surface area contributed by atoms with E-state index in [1.165, 1.54) is 0 Å². The van der Waals surface area contributed by atoms with Crippen LogP contribution < -0.4 is 10.2 Å². The fraction of sp³-hybridized carbons (Fsp3) is 0.200. The lowest BCUT2D eigenvalue weighted by atomic mass is 9.79. The van der Waals surface area contributed by atoms with Crippen molar-refractivity contribution in [2.75, 3.05) is 6.61 Å². The van der Waals surface area contributed by atoms with E-state index in [1.807, 2.05) is 31.2 Å². The van der Waals surface area contributed by atoms with Crippen molar-refractivity contribution in [2.24, 2.45) is 0 Å². The Morgan fingerprint density at radius 2 is 1.80 bits per heavy atom. The minimum Gasteiger partial charge on any atom is -0.494 e. The molecule has 0 radical (unpaired) electrons. The lowest BCUT2D eigenvalue weighted by molar-refractivity contribution is 0.340. The van der Waals surface area contributed by atoms with Crippen LogP contribution in [0.3, 0.4) is 0 Å². The van der Waals surface area contributed by atoms with Gasteiger partial charge in [-0.2, -0.15) is 0 Å². The maximum Gasteiger partial charge on any atom is 0.488 e. The lowest BCUT2D eigenvalue weighted by Gasteiger charge is -2.09. The van der Waals surface area contributed by atoms with Crippen molar-refractivity contribution in [3.63, 3.8) is 0 Å². The van der Waals surface area contributed by atoms with Gasteiger partial charge in [-0.1, -0.05) is 35.9 Å². The zero-order valence-corrected chi connectivity index (χ0v) is 12.0. The van der Waals surface area contributed by atoms with Crippen molar-refractivity contribution < 1.29 is 14.8 Å². The number of hydrogen-bond acceptors (Lipinski definition) is 3. The first kappa shape index (κ1) is 14.9. The molecule has 2 aromatic carbocycles. The van der Waals surface area contributed by atoms with Gasteiger partial charge < -0.3 is 14.8 Å². The van der Waals surface area contributed by atoms with Crippen molar-refractivity contribution in [1.29, 1.82) is 0 Å². The molecule has 2 N–H and O–H groups in total. The van der Waals surface area contributed by atoms with Crippen molar-refractivity contribution in [3.8, 4) is 5.75 Å². The molecule has 0 aromatic heterocycles. The molecule has 0 amide bonds. The highest BCUT2D eigenvalue weighted by molar-refractivity contribution is 6.58. The molecular formula is C15H16BClO3. The lowest BCUT2D eigenvalue weighted by Crippen LogP contribution is -2.30. The van der Waals surface area contributed by atoms with E-state index in [9.17, 15) is 10.0 Å². The van der Waals surface area contributed by atoms with E-state index in [0.717, 1.165) is 16.9 Å². The second-order valence-corrected chi connectivity index (χ2v) is 4.89. The molecule has 0 bridgehead atoms. The third-order valence-electron chi connectivity index (χ3n) is 3.00. The summed E-state index contributed by atoms with van der Waals surface area (Å²) in [5, 5.41) is 19.0. The van der Waals surface area contributed by atoms with Gasteiger partial charge in [0, 0.05) is 5.02 Å². The summed E-state index contributed by atoms with van der Waals surface area (Å²) in [5.74, 6) is 0.835. The summed E-state index contributed by atoms with van der Waals surface area (Å²) in [4.78, 5) is 0. The average Bonchev–Trinajstić information content (AvgIpc) is 2.43. The zero-order chi connectivity index (χ0) is 14.5. The molecule has 0 fully saturated rings. The Morgan fingerprint density at radius 3 is 2.40 bits per heavy atom. The zero-order valence-electron chi connectivity index (χ0n) is 11.2. The smallest absolute Gasteiger partial charge is 0.488 e. The van der Waals surface area contributed by atoms with Crippen molar-refractivity contribution in [2.45, 2.75) is 13.3 Å². The monoisotopic (exact) mass is 290 g/mol. The molecule has 0 spiro atoms. The van der Waals surface area contributed by atoms with Crippen LogP contribution in [0.1, 0.15) is 18.1 Å². The standard InChI is InChI=1S/C15H16BClO3/c1-2-20-14-6-3-11(4-7-14)9-12-10-13(16(18)19)5-8-15(12)17/h3-8,10,18-19H,2,9H2,1H3. The van der Waals surface area contributed by atoms with E-state index < -0.39 is 7.12 Å². The van der Waals surface area contributed by atoms with E-state index in [1.54, 1.807) is 18.2 Å². The third-order valence-corrected chi connectivity index (χ3v) is 3.37. The van der Waals surface area contributed by atoms with Crippen LogP contribution in [0.2, 0.25) is 5.02 Å². The van der Waals surface area contributed by atoms with E-state index in [-0.39, 0.29) is 0 Å². The number of rotatable bonds is 5. The van der Waals surface area contributed by atoms with E-state index in [4.69, 9.17) is 16.3 Å². The van der Waals surface area contributed by atoms with Crippen molar-refractivity contribution in [3.05, 3.63) is 58.6 Å². The highest BCUT2D eigenvalue weighted by atomic mass is 35.5.